The molecule has 1 saturated carbocycles. The molecule has 0 spiro atoms. The molecule has 0 aromatic rings. The summed E-state index contributed by atoms with van der Waals surface area (Å²) >= 11 is 0. The van der Waals surface area contributed by atoms with Gasteiger partial charge < -0.3 is 0 Å². The topological polar surface area (TPSA) is 46.5 Å². The first-order valence-electron chi connectivity index (χ1n) is 4.95. The average molecular weight is 193 g/mol. The van der Waals surface area contributed by atoms with Crippen LogP contribution in [0.3, 0.4) is 0 Å². The molecule has 1 aliphatic carbocycles. The Morgan fingerprint density at radius 1 is 1.00 bits per heavy atom. The van der Waals surface area contributed by atoms with Gasteiger partial charge in [0.05, 0.1) is 12.3 Å². The van der Waals surface area contributed by atoms with E-state index in [0.717, 1.165) is 38.3 Å². The molecule has 0 unspecified atom stereocenters. The zero-order valence-electron chi connectivity index (χ0n) is 8.13. The Hall–Kier alpha value is -1.25. The van der Waals surface area contributed by atoms with E-state index in [0.29, 0.717) is 12.0 Å². The Bertz CT molecular complexity index is 212. The predicted molar refractivity (Wildman–Crippen MR) is 55.5 cm³/mol. The SMILES string of the molecule is O=CC=NC1CCC(/C=C/C=O)CC1. The van der Waals surface area contributed by atoms with Crippen LogP contribution in [-0.4, -0.2) is 24.8 Å². The second-order valence-corrected chi connectivity index (χ2v) is 3.52. The van der Waals surface area contributed by atoms with Crippen LogP contribution in [-0.2, 0) is 9.59 Å². The van der Waals surface area contributed by atoms with Crippen molar-refractivity contribution in [2.45, 2.75) is 31.7 Å². The van der Waals surface area contributed by atoms with Crippen LogP contribution in [0, 0.1) is 5.92 Å². The van der Waals surface area contributed by atoms with Crippen molar-refractivity contribution in [1.29, 1.82) is 0 Å². The van der Waals surface area contributed by atoms with Crippen LogP contribution in [0.1, 0.15) is 25.7 Å². The maximum absolute atomic E-state index is 10.1. The molecule has 0 bridgehead atoms. The smallest absolute Gasteiger partial charge is 0.160 e. The third kappa shape index (κ3) is 3.64. The van der Waals surface area contributed by atoms with Crippen molar-refractivity contribution >= 4 is 18.8 Å². The summed E-state index contributed by atoms with van der Waals surface area (Å²) in [6.45, 7) is 0. The Labute approximate surface area is 83.9 Å². The van der Waals surface area contributed by atoms with E-state index in [2.05, 4.69) is 4.99 Å². The van der Waals surface area contributed by atoms with Gasteiger partial charge >= 0.3 is 0 Å². The van der Waals surface area contributed by atoms with Crippen molar-refractivity contribution in [3.05, 3.63) is 12.2 Å². The Kier molecular flexibility index (Phi) is 4.83. The number of allylic oxidation sites excluding steroid dienone is 2. The fourth-order valence-electron chi connectivity index (χ4n) is 1.80. The summed E-state index contributed by atoms with van der Waals surface area (Å²) in [6, 6.07) is 0.307. The van der Waals surface area contributed by atoms with Gasteiger partial charge in [-0.3, -0.25) is 14.6 Å². The lowest BCUT2D eigenvalue weighted by Crippen LogP contribution is -2.16. The summed E-state index contributed by atoms with van der Waals surface area (Å²) in [4.78, 5) is 24.3. The highest BCUT2D eigenvalue weighted by Gasteiger charge is 2.17. The molecule has 0 N–H and O–H groups in total. The molecule has 1 aliphatic rings. The number of carbonyl (C=O) groups is 2. The van der Waals surface area contributed by atoms with Crippen LogP contribution in [0.25, 0.3) is 0 Å². The first kappa shape index (κ1) is 10.8. The van der Waals surface area contributed by atoms with Gasteiger partial charge in [0, 0.05) is 0 Å². The van der Waals surface area contributed by atoms with Gasteiger partial charge in [0.1, 0.15) is 6.29 Å². The van der Waals surface area contributed by atoms with Crippen molar-refractivity contribution < 1.29 is 9.59 Å². The standard InChI is InChI=1S/C11H15NO2/c13-8-1-2-10-3-5-11(6-4-10)12-7-9-14/h1-2,7-11H,3-6H2/b2-1+,12-7?. The lowest BCUT2D eigenvalue weighted by Gasteiger charge is -2.23. The number of hydrogen-bond donors (Lipinski definition) is 0. The zero-order valence-corrected chi connectivity index (χ0v) is 8.13. The summed E-state index contributed by atoms with van der Waals surface area (Å²) in [6.07, 6.45) is 10.6. The van der Waals surface area contributed by atoms with E-state index in [1.807, 2.05) is 6.08 Å². The van der Waals surface area contributed by atoms with Gasteiger partial charge in [-0.25, -0.2) is 0 Å². The number of carbonyl (C=O) groups excluding carboxylic acids is 2. The van der Waals surface area contributed by atoms with Gasteiger partial charge in [-0.1, -0.05) is 6.08 Å². The zero-order chi connectivity index (χ0) is 10.2. The molecule has 0 heterocycles. The summed E-state index contributed by atoms with van der Waals surface area (Å²) in [7, 11) is 0. The summed E-state index contributed by atoms with van der Waals surface area (Å²) in [5.74, 6) is 0.517. The number of aldehydes is 2. The van der Waals surface area contributed by atoms with Gasteiger partial charge in [0.15, 0.2) is 6.29 Å². The molecule has 3 nitrogen and oxygen atoms in total. The molecule has 0 aliphatic heterocycles. The number of aliphatic imine (C=N–C) groups is 1. The molecule has 0 amide bonds. The first-order valence-corrected chi connectivity index (χ1v) is 4.95. The predicted octanol–water partition coefficient (Wildman–Crippen LogP) is 1.57. The quantitative estimate of drug-likeness (QED) is 0.386. The summed E-state index contributed by atoms with van der Waals surface area (Å²) in [5.41, 5.74) is 0. The highest BCUT2D eigenvalue weighted by atomic mass is 16.1. The van der Waals surface area contributed by atoms with Crippen molar-refractivity contribution in [3.8, 4) is 0 Å². The van der Waals surface area contributed by atoms with E-state index in [9.17, 15) is 9.59 Å². The second kappa shape index (κ2) is 6.24. The van der Waals surface area contributed by atoms with Gasteiger partial charge in [0.2, 0.25) is 0 Å². The maximum atomic E-state index is 10.1. The molecule has 0 aromatic heterocycles. The van der Waals surface area contributed by atoms with E-state index < -0.39 is 0 Å². The fraction of sp³-hybridized carbons (Fsp3) is 0.545. The molecule has 0 atom stereocenters. The molecular weight excluding hydrogens is 178 g/mol. The van der Waals surface area contributed by atoms with Crippen LogP contribution in [0.5, 0.6) is 0 Å². The molecule has 1 rings (SSSR count). The summed E-state index contributed by atoms with van der Waals surface area (Å²) in [5, 5.41) is 0. The monoisotopic (exact) mass is 193 g/mol. The number of nitrogens with zero attached hydrogens (tertiary/aromatic N) is 1. The minimum atomic E-state index is 0.307. The van der Waals surface area contributed by atoms with Gasteiger partial charge in [0.25, 0.3) is 0 Å². The average Bonchev–Trinajstić information content (AvgIpc) is 2.25. The Balaban J connectivity index is 2.30. The van der Waals surface area contributed by atoms with Crippen molar-refractivity contribution in [1.82, 2.24) is 0 Å². The normalized spacial score (nSPS) is 28.3. The Morgan fingerprint density at radius 3 is 2.29 bits per heavy atom. The second-order valence-electron chi connectivity index (χ2n) is 3.52. The molecule has 0 saturated heterocycles. The highest BCUT2D eigenvalue weighted by Crippen LogP contribution is 2.26. The number of hydrogen-bond acceptors (Lipinski definition) is 3. The third-order valence-electron chi connectivity index (χ3n) is 2.56. The molecule has 0 aromatic carbocycles. The van der Waals surface area contributed by atoms with Crippen LogP contribution in [0.4, 0.5) is 0 Å². The maximum Gasteiger partial charge on any atom is 0.160 e. The fourth-order valence-corrected chi connectivity index (χ4v) is 1.80. The van der Waals surface area contributed by atoms with Gasteiger partial charge in [-0.05, 0) is 37.7 Å². The largest absolute Gasteiger partial charge is 0.299 e. The van der Waals surface area contributed by atoms with Crippen molar-refractivity contribution in [2.24, 2.45) is 10.9 Å². The van der Waals surface area contributed by atoms with E-state index in [1.54, 1.807) is 6.08 Å². The lowest BCUT2D eigenvalue weighted by molar-refractivity contribution is -0.104. The van der Waals surface area contributed by atoms with Gasteiger partial charge in [-0.15, -0.1) is 0 Å². The highest BCUT2D eigenvalue weighted by molar-refractivity contribution is 6.12. The van der Waals surface area contributed by atoms with E-state index in [4.69, 9.17) is 0 Å². The molecule has 1 fully saturated rings. The Morgan fingerprint density at radius 2 is 1.71 bits per heavy atom. The lowest BCUT2D eigenvalue weighted by atomic mass is 9.86. The third-order valence-corrected chi connectivity index (χ3v) is 2.56. The van der Waals surface area contributed by atoms with Crippen molar-refractivity contribution in [3.63, 3.8) is 0 Å². The molecular formula is C11H15NO2. The van der Waals surface area contributed by atoms with E-state index in [1.165, 1.54) is 6.21 Å². The van der Waals surface area contributed by atoms with Gasteiger partial charge in [-0.2, -0.15) is 0 Å². The van der Waals surface area contributed by atoms with E-state index in [-0.39, 0.29) is 0 Å². The van der Waals surface area contributed by atoms with Crippen molar-refractivity contribution in [2.75, 3.05) is 0 Å². The summed E-state index contributed by atoms with van der Waals surface area (Å²) < 4.78 is 0. The molecule has 3 heteroatoms. The van der Waals surface area contributed by atoms with Crippen LogP contribution in [0.2, 0.25) is 0 Å². The number of rotatable bonds is 4. The van der Waals surface area contributed by atoms with Crippen LogP contribution >= 0.6 is 0 Å². The first-order chi connectivity index (χ1) is 6.86. The molecule has 0 radical (unpaired) electrons. The molecule has 14 heavy (non-hydrogen) atoms. The van der Waals surface area contributed by atoms with Crippen LogP contribution < -0.4 is 0 Å². The van der Waals surface area contributed by atoms with Crippen LogP contribution in [0.15, 0.2) is 17.1 Å². The minimum absolute atomic E-state index is 0.307. The minimum Gasteiger partial charge on any atom is -0.299 e. The molecule has 76 valence electrons. The van der Waals surface area contributed by atoms with E-state index >= 15 is 0 Å².